The molecule has 84 valence electrons. The summed E-state index contributed by atoms with van der Waals surface area (Å²) in [5, 5.41) is 0. The molecule has 0 radical (unpaired) electrons. The van der Waals surface area contributed by atoms with E-state index in [0.717, 1.165) is 5.92 Å². The molecule has 0 unspecified atom stereocenters. The van der Waals surface area contributed by atoms with E-state index in [-0.39, 0.29) is 0 Å². The van der Waals surface area contributed by atoms with Gasteiger partial charge >= 0.3 is 0 Å². The third-order valence-electron chi connectivity index (χ3n) is 3.19. The Morgan fingerprint density at radius 1 is 0.765 bits per heavy atom. The topological polar surface area (TPSA) is 0 Å². The molecule has 0 aliphatic heterocycles. The normalized spacial score (nSPS) is 14.4. The van der Waals surface area contributed by atoms with Crippen molar-refractivity contribution in [3.8, 4) is 0 Å². The lowest BCUT2D eigenvalue weighted by Gasteiger charge is -2.08. The molecule has 0 N–H and O–H groups in total. The van der Waals surface area contributed by atoms with Crippen molar-refractivity contribution in [3.05, 3.63) is 77.9 Å². The maximum atomic E-state index is 2.44. The number of hydrogen-bond acceptors (Lipinski definition) is 0. The van der Waals surface area contributed by atoms with Crippen molar-refractivity contribution >= 4 is 5.57 Å². The molecule has 17 heavy (non-hydrogen) atoms. The molecule has 0 spiro atoms. The monoisotopic (exact) mass is 220 g/mol. The standard InChI is InChI=1S/C17H16/c1-3-7-15(8-4-1)17(13-14-11-12-14)16-9-5-2-6-10-16/h1-10,13-14H,11-12H2. The van der Waals surface area contributed by atoms with Crippen LogP contribution in [0.4, 0.5) is 0 Å². The minimum absolute atomic E-state index is 0.797. The Balaban J connectivity index is 2.04. The van der Waals surface area contributed by atoms with Gasteiger partial charge in [0.15, 0.2) is 0 Å². The Morgan fingerprint density at radius 2 is 1.24 bits per heavy atom. The Hall–Kier alpha value is -1.82. The van der Waals surface area contributed by atoms with Gasteiger partial charge in [0, 0.05) is 0 Å². The van der Waals surface area contributed by atoms with Crippen LogP contribution in [0.2, 0.25) is 0 Å². The molecular weight excluding hydrogens is 204 g/mol. The molecule has 0 amide bonds. The summed E-state index contributed by atoms with van der Waals surface area (Å²) in [6.07, 6.45) is 5.14. The summed E-state index contributed by atoms with van der Waals surface area (Å²) in [6.45, 7) is 0. The van der Waals surface area contributed by atoms with E-state index in [1.807, 2.05) is 0 Å². The molecule has 2 aromatic carbocycles. The molecule has 0 atom stereocenters. The summed E-state index contributed by atoms with van der Waals surface area (Å²) >= 11 is 0. The molecule has 1 fully saturated rings. The summed E-state index contributed by atoms with van der Waals surface area (Å²) in [7, 11) is 0. The Morgan fingerprint density at radius 3 is 1.65 bits per heavy atom. The van der Waals surface area contributed by atoms with Gasteiger partial charge in [-0.2, -0.15) is 0 Å². The van der Waals surface area contributed by atoms with Crippen LogP contribution in [0.25, 0.3) is 5.57 Å². The fourth-order valence-electron chi connectivity index (χ4n) is 2.09. The van der Waals surface area contributed by atoms with Gasteiger partial charge in [0.25, 0.3) is 0 Å². The van der Waals surface area contributed by atoms with Crippen LogP contribution in [-0.2, 0) is 0 Å². The van der Waals surface area contributed by atoms with Crippen molar-refractivity contribution in [1.29, 1.82) is 0 Å². The van der Waals surface area contributed by atoms with Gasteiger partial charge in [0.2, 0.25) is 0 Å². The largest absolute Gasteiger partial charge is 0.0729 e. The molecule has 0 bridgehead atoms. The lowest BCUT2D eigenvalue weighted by molar-refractivity contribution is 1.12. The zero-order valence-electron chi connectivity index (χ0n) is 9.84. The maximum Gasteiger partial charge on any atom is -0.0149 e. The first-order chi connectivity index (χ1) is 8.43. The molecule has 2 aromatic rings. The highest BCUT2D eigenvalue weighted by molar-refractivity contribution is 5.80. The zero-order valence-corrected chi connectivity index (χ0v) is 9.84. The van der Waals surface area contributed by atoms with Crippen molar-refractivity contribution in [3.63, 3.8) is 0 Å². The summed E-state index contributed by atoms with van der Waals surface area (Å²) in [6, 6.07) is 21.4. The third-order valence-corrected chi connectivity index (χ3v) is 3.19. The molecule has 3 rings (SSSR count). The van der Waals surface area contributed by atoms with Crippen LogP contribution in [0.15, 0.2) is 66.7 Å². The average Bonchev–Trinajstić information content (AvgIpc) is 3.22. The fourth-order valence-corrected chi connectivity index (χ4v) is 2.09. The first kappa shape index (κ1) is 10.3. The molecule has 0 nitrogen and oxygen atoms in total. The molecular formula is C17H16. The fraction of sp³-hybridized carbons (Fsp3) is 0.176. The van der Waals surface area contributed by atoms with Gasteiger partial charge in [-0.3, -0.25) is 0 Å². The van der Waals surface area contributed by atoms with Crippen LogP contribution in [0, 0.1) is 5.92 Å². The van der Waals surface area contributed by atoms with Gasteiger partial charge in [-0.05, 0) is 35.5 Å². The zero-order chi connectivity index (χ0) is 11.5. The molecule has 1 aliphatic carbocycles. The predicted octanol–water partition coefficient (Wildman–Crippen LogP) is 4.53. The van der Waals surface area contributed by atoms with E-state index in [9.17, 15) is 0 Å². The highest BCUT2D eigenvalue weighted by Crippen LogP contribution is 2.35. The van der Waals surface area contributed by atoms with E-state index in [0.29, 0.717) is 0 Å². The van der Waals surface area contributed by atoms with Crippen LogP contribution in [0.1, 0.15) is 24.0 Å². The second kappa shape index (κ2) is 4.58. The number of benzene rings is 2. The molecule has 1 aliphatic rings. The minimum atomic E-state index is 0.797. The van der Waals surface area contributed by atoms with Gasteiger partial charge in [-0.15, -0.1) is 0 Å². The Bertz CT molecular complexity index is 463. The molecule has 0 heterocycles. The second-order valence-corrected chi connectivity index (χ2v) is 4.65. The van der Waals surface area contributed by atoms with E-state index in [2.05, 4.69) is 66.7 Å². The van der Waals surface area contributed by atoms with Crippen molar-refractivity contribution in [2.45, 2.75) is 12.8 Å². The van der Waals surface area contributed by atoms with Crippen LogP contribution in [0.5, 0.6) is 0 Å². The highest BCUT2D eigenvalue weighted by Gasteiger charge is 2.20. The quantitative estimate of drug-likeness (QED) is 0.713. The number of rotatable bonds is 3. The Labute approximate surface area is 103 Å². The Kier molecular flexibility index (Phi) is 2.79. The maximum absolute atomic E-state index is 2.44. The average molecular weight is 220 g/mol. The van der Waals surface area contributed by atoms with Crippen LogP contribution in [0.3, 0.4) is 0 Å². The van der Waals surface area contributed by atoms with E-state index < -0.39 is 0 Å². The van der Waals surface area contributed by atoms with Crippen molar-refractivity contribution in [2.24, 2.45) is 5.92 Å². The van der Waals surface area contributed by atoms with Gasteiger partial charge in [0.1, 0.15) is 0 Å². The second-order valence-electron chi connectivity index (χ2n) is 4.65. The number of allylic oxidation sites excluding steroid dienone is 1. The molecule has 0 aromatic heterocycles. The van der Waals surface area contributed by atoms with Crippen LogP contribution < -0.4 is 0 Å². The van der Waals surface area contributed by atoms with Crippen molar-refractivity contribution in [1.82, 2.24) is 0 Å². The van der Waals surface area contributed by atoms with E-state index in [4.69, 9.17) is 0 Å². The van der Waals surface area contributed by atoms with E-state index in [1.165, 1.54) is 29.5 Å². The molecule has 1 saturated carbocycles. The SMILES string of the molecule is C(=C(c1ccccc1)c1ccccc1)C1CC1. The lowest BCUT2D eigenvalue weighted by atomic mass is 9.97. The highest BCUT2D eigenvalue weighted by atomic mass is 14.2. The first-order valence-corrected chi connectivity index (χ1v) is 6.26. The first-order valence-electron chi connectivity index (χ1n) is 6.26. The minimum Gasteiger partial charge on any atom is -0.0729 e. The van der Waals surface area contributed by atoms with Crippen molar-refractivity contribution in [2.75, 3.05) is 0 Å². The van der Waals surface area contributed by atoms with E-state index in [1.54, 1.807) is 0 Å². The van der Waals surface area contributed by atoms with Crippen LogP contribution >= 0.6 is 0 Å². The summed E-state index contributed by atoms with van der Waals surface area (Å²) in [5.74, 6) is 0.797. The summed E-state index contributed by atoms with van der Waals surface area (Å²) in [4.78, 5) is 0. The van der Waals surface area contributed by atoms with E-state index >= 15 is 0 Å². The van der Waals surface area contributed by atoms with Crippen molar-refractivity contribution < 1.29 is 0 Å². The molecule has 0 saturated heterocycles. The lowest BCUT2D eigenvalue weighted by Crippen LogP contribution is -1.88. The third kappa shape index (κ3) is 2.47. The molecule has 0 heteroatoms. The smallest absolute Gasteiger partial charge is 0.0149 e. The number of hydrogen-bond donors (Lipinski definition) is 0. The van der Waals surface area contributed by atoms with Crippen LogP contribution in [-0.4, -0.2) is 0 Å². The van der Waals surface area contributed by atoms with Gasteiger partial charge in [-0.1, -0.05) is 66.7 Å². The van der Waals surface area contributed by atoms with Gasteiger partial charge in [-0.25, -0.2) is 0 Å². The summed E-state index contributed by atoms with van der Waals surface area (Å²) in [5.41, 5.74) is 4.03. The van der Waals surface area contributed by atoms with Gasteiger partial charge in [0.05, 0.1) is 0 Å². The summed E-state index contributed by atoms with van der Waals surface area (Å²) < 4.78 is 0. The predicted molar refractivity (Wildman–Crippen MR) is 72.7 cm³/mol. The van der Waals surface area contributed by atoms with Gasteiger partial charge < -0.3 is 0 Å².